The molecule has 4 rings (SSSR count). The number of aromatic nitrogens is 2. The van der Waals surface area contributed by atoms with E-state index in [2.05, 4.69) is 30.2 Å². The highest BCUT2D eigenvalue weighted by molar-refractivity contribution is 7.89. The molecule has 0 unspecified atom stereocenters. The highest BCUT2D eigenvalue weighted by Crippen LogP contribution is 2.29. The molecule has 2 aromatic carbocycles. The molecule has 1 aromatic heterocycles. The molecule has 1 saturated heterocycles. The summed E-state index contributed by atoms with van der Waals surface area (Å²) in [4.78, 5) is 34.8. The van der Waals surface area contributed by atoms with Crippen molar-refractivity contribution in [3.63, 3.8) is 0 Å². The first-order valence-corrected chi connectivity index (χ1v) is 13.8. The van der Waals surface area contributed by atoms with Crippen LogP contribution in [-0.2, 0) is 14.8 Å². The zero-order valence-corrected chi connectivity index (χ0v) is 21.8. The van der Waals surface area contributed by atoms with Crippen LogP contribution < -0.4 is 20.3 Å². The summed E-state index contributed by atoms with van der Waals surface area (Å²) in [5.74, 6) is -1.40. The van der Waals surface area contributed by atoms with Gasteiger partial charge < -0.3 is 20.6 Å². The standard InChI is InChI=1S/C25H27ClN6O5S/c26-20-15-17(7-8-22(20)32-13-9-18(10-14-32)30-25-27-11-4-12-28-25)23(33)29-16-21(24(34)35)31-38(36,37)19-5-2-1-3-6-19/h1-8,11-12,15,18,21,31H,9-10,13-14,16H2,(H,29,33)(H,34,35)(H,27,28,30)/t21-/m0/s1. The molecule has 3 aromatic rings. The van der Waals surface area contributed by atoms with Gasteiger partial charge in [-0.15, -0.1) is 0 Å². The first-order chi connectivity index (χ1) is 18.2. The Hall–Kier alpha value is -3.74. The van der Waals surface area contributed by atoms with Crippen LogP contribution in [0.25, 0.3) is 0 Å². The van der Waals surface area contributed by atoms with Crippen molar-refractivity contribution in [2.24, 2.45) is 0 Å². The maximum Gasteiger partial charge on any atom is 0.323 e. The lowest BCUT2D eigenvalue weighted by Crippen LogP contribution is -2.48. The van der Waals surface area contributed by atoms with Crippen LogP contribution in [0.1, 0.15) is 23.2 Å². The number of hydrogen-bond acceptors (Lipinski definition) is 8. The molecule has 2 heterocycles. The van der Waals surface area contributed by atoms with Gasteiger partial charge >= 0.3 is 5.97 Å². The second kappa shape index (κ2) is 12.2. The molecular weight excluding hydrogens is 532 g/mol. The van der Waals surface area contributed by atoms with Crippen molar-refractivity contribution >= 4 is 45.1 Å². The van der Waals surface area contributed by atoms with Gasteiger partial charge in [0.25, 0.3) is 5.91 Å². The number of nitrogens with zero attached hydrogens (tertiary/aromatic N) is 3. The summed E-state index contributed by atoms with van der Waals surface area (Å²) in [5, 5.41) is 15.7. The molecule has 1 atom stereocenters. The van der Waals surface area contributed by atoms with Crippen LogP contribution in [0.15, 0.2) is 71.9 Å². The highest BCUT2D eigenvalue weighted by Gasteiger charge is 2.26. The van der Waals surface area contributed by atoms with Gasteiger partial charge in [0.2, 0.25) is 16.0 Å². The van der Waals surface area contributed by atoms with E-state index in [0.717, 1.165) is 31.6 Å². The Bertz CT molecular complexity index is 1370. The number of carbonyl (C=O) groups is 2. The number of nitrogens with one attached hydrogen (secondary N) is 3. The van der Waals surface area contributed by atoms with Crippen molar-refractivity contribution in [3.05, 3.63) is 77.6 Å². The fourth-order valence-corrected chi connectivity index (χ4v) is 5.57. The molecule has 0 aliphatic carbocycles. The minimum Gasteiger partial charge on any atom is -0.480 e. The zero-order chi connectivity index (χ0) is 27.1. The third-order valence-electron chi connectivity index (χ3n) is 6.06. The Kier molecular flexibility index (Phi) is 8.77. The predicted octanol–water partition coefficient (Wildman–Crippen LogP) is 2.37. The quantitative estimate of drug-likeness (QED) is 0.293. The van der Waals surface area contributed by atoms with E-state index in [-0.39, 0.29) is 16.5 Å². The molecule has 0 saturated carbocycles. The summed E-state index contributed by atoms with van der Waals surface area (Å²) in [6.45, 7) is 1.04. The SMILES string of the molecule is O=C(NC[C@H](NS(=O)(=O)c1ccccc1)C(=O)O)c1ccc(N2CCC(Nc3ncccn3)CC2)c(Cl)c1. The molecular formula is C25H27ClN6O5S. The number of piperidine rings is 1. The number of sulfonamides is 1. The maximum atomic E-state index is 12.7. The summed E-state index contributed by atoms with van der Waals surface area (Å²) in [6.07, 6.45) is 5.08. The van der Waals surface area contributed by atoms with Crippen LogP contribution in [0.4, 0.5) is 11.6 Å². The van der Waals surface area contributed by atoms with Crippen molar-refractivity contribution in [1.82, 2.24) is 20.0 Å². The second-order valence-corrected chi connectivity index (χ2v) is 10.8. The van der Waals surface area contributed by atoms with E-state index in [1.54, 1.807) is 36.7 Å². The fraction of sp³-hybridized carbons (Fsp3) is 0.280. The maximum absolute atomic E-state index is 12.7. The topological polar surface area (TPSA) is 154 Å². The van der Waals surface area contributed by atoms with Crippen LogP contribution in [0.3, 0.4) is 0 Å². The Morgan fingerprint density at radius 1 is 1.05 bits per heavy atom. The lowest BCUT2D eigenvalue weighted by Gasteiger charge is -2.34. The summed E-state index contributed by atoms with van der Waals surface area (Å²) < 4.78 is 27.1. The van der Waals surface area contributed by atoms with Crippen molar-refractivity contribution in [3.8, 4) is 0 Å². The van der Waals surface area contributed by atoms with Gasteiger partial charge in [0, 0.05) is 43.6 Å². The summed E-state index contributed by atoms with van der Waals surface area (Å²) in [7, 11) is -4.08. The Balaban J connectivity index is 1.33. The molecule has 200 valence electrons. The van der Waals surface area contributed by atoms with Crippen LogP contribution in [-0.4, -0.2) is 67.1 Å². The molecule has 0 bridgehead atoms. The van der Waals surface area contributed by atoms with E-state index in [1.807, 2.05) is 0 Å². The number of carbonyl (C=O) groups excluding carboxylic acids is 1. The minimum atomic E-state index is -4.08. The van der Waals surface area contributed by atoms with E-state index < -0.39 is 34.5 Å². The average molecular weight is 559 g/mol. The Morgan fingerprint density at radius 2 is 1.74 bits per heavy atom. The third-order valence-corrected chi connectivity index (χ3v) is 7.85. The number of aliphatic carboxylic acids is 1. The van der Waals surface area contributed by atoms with Gasteiger partial charge in [-0.3, -0.25) is 9.59 Å². The number of anilines is 2. The van der Waals surface area contributed by atoms with Crippen molar-refractivity contribution < 1.29 is 23.1 Å². The van der Waals surface area contributed by atoms with E-state index in [0.29, 0.717) is 11.0 Å². The first-order valence-electron chi connectivity index (χ1n) is 11.9. The molecule has 0 radical (unpaired) electrons. The monoisotopic (exact) mass is 558 g/mol. The Labute approximate surface area is 225 Å². The normalized spacial score (nSPS) is 15.0. The van der Waals surface area contributed by atoms with Crippen molar-refractivity contribution in [2.75, 3.05) is 29.9 Å². The average Bonchev–Trinajstić information content (AvgIpc) is 2.92. The van der Waals surface area contributed by atoms with Gasteiger partial charge in [0.05, 0.1) is 15.6 Å². The van der Waals surface area contributed by atoms with Crippen LogP contribution >= 0.6 is 11.6 Å². The lowest BCUT2D eigenvalue weighted by atomic mass is 10.0. The molecule has 38 heavy (non-hydrogen) atoms. The highest BCUT2D eigenvalue weighted by atomic mass is 35.5. The number of rotatable bonds is 10. The summed E-state index contributed by atoms with van der Waals surface area (Å²) in [6, 6.07) is 12.7. The molecule has 1 fully saturated rings. The van der Waals surface area contributed by atoms with Crippen LogP contribution in [0, 0.1) is 0 Å². The number of hydrogen-bond donors (Lipinski definition) is 4. The largest absolute Gasteiger partial charge is 0.480 e. The lowest BCUT2D eigenvalue weighted by molar-refractivity contribution is -0.138. The molecule has 13 heteroatoms. The summed E-state index contributed by atoms with van der Waals surface area (Å²) in [5.41, 5.74) is 1.02. The zero-order valence-electron chi connectivity index (χ0n) is 20.2. The summed E-state index contributed by atoms with van der Waals surface area (Å²) >= 11 is 6.50. The van der Waals surface area contributed by atoms with Gasteiger partial charge in [0.1, 0.15) is 6.04 Å². The fourth-order valence-electron chi connectivity index (χ4n) is 4.06. The molecule has 1 amide bonds. The van der Waals surface area contributed by atoms with Gasteiger partial charge in [-0.25, -0.2) is 18.4 Å². The molecule has 11 nitrogen and oxygen atoms in total. The molecule has 1 aliphatic rings. The second-order valence-electron chi connectivity index (χ2n) is 8.68. The Morgan fingerprint density at radius 3 is 2.37 bits per heavy atom. The van der Waals surface area contributed by atoms with Gasteiger partial charge in [-0.2, -0.15) is 4.72 Å². The van der Waals surface area contributed by atoms with Crippen LogP contribution in [0.5, 0.6) is 0 Å². The minimum absolute atomic E-state index is 0.0758. The predicted molar refractivity (Wildman–Crippen MR) is 143 cm³/mol. The van der Waals surface area contributed by atoms with Gasteiger partial charge in [-0.1, -0.05) is 29.8 Å². The van der Waals surface area contributed by atoms with Crippen molar-refractivity contribution in [2.45, 2.75) is 29.8 Å². The van der Waals surface area contributed by atoms with E-state index in [1.165, 1.54) is 30.3 Å². The molecule has 0 spiro atoms. The van der Waals surface area contributed by atoms with Crippen LogP contribution in [0.2, 0.25) is 5.02 Å². The van der Waals surface area contributed by atoms with E-state index in [9.17, 15) is 23.1 Å². The number of carboxylic acid groups (broad SMARTS) is 1. The third kappa shape index (κ3) is 6.97. The van der Waals surface area contributed by atoms with Crippen molar-refractivity contribution in [1.29, 1.82) is 0 Å². The number of benzene rings is 2. The number of halogens is 1. The first kappa shape index (κ1) is 27.3. The van der Waals surface area contributed by atoms with E-state index in [4.69, 9.17) is 11.6 Å². The molecule has 4 N–H and O–H groups in total. The molecule has 1 aliphatic heterocycles. The van der Waals surface area contributed by atoms with Gasteiger partial charge in [-0.05, 0) is 49.2 Å². The smallest absolute Gasteiger partial charge is 0.323 e. The number of carboxylic acids is 1. The van der Waals surface area contributed by atoms with E-state index >= 15 is 0 Å². The van der Waals surface area contributed by atoms with Gasteiger partial charge in [0.15, 0.2) is 0 Å². The number of amides is 1.